The number of hydrogen-bond acceptors (Lipinski definition) is 2. The van der Waals surface area contributed by atoms with Crippen molar-refractivity contribution in [3.63, 3.8) is 0 Å². The molecule has 0 bridgehead atoms. The Morgan fingerprint density at radius 2 is 2.11 bits per heavy atom. The summed E-state index contributed by atoms with van der Waals surface area (Å²) < 4.78 is 2.03. The zero-order valence-electron chi connectivity index (χ0n) is 9.89. The number of aromatic nitrogens is 2. The maximum absolute atomic E-state index is 5.96. The van der Waals surface area contributed by atoms with E-state index in [1.165, 1.54) is 0 Å². The number of fused-ring (bicyclic) bond motifs is 1. The minimum Gasteiger partial charge on any atom is -0.388 e. The number of nitrogens with zero attached hydrogens (tertiary/aromatic N) is 2. The van der Waals surface area contributed by atoms with Crippen LogP contribution in [0.4, 0.5) is 5.69 Å². The second kappa shape index (κ2) is 4.35. The second-order valence-corrected chi connectivity index (χ2v) is 4.48. The molecule has 4 heteroatoms. The molecule has 0 aliphatic heterocycles. The van der Waals surface area contributed by atoms with Gasteiger partial charge in [0.05, 0.1) is 11.9 Å². The molecule has 0 fully saturated rings. The number of nitrogens with one attached hydrogen (secondary N) is 1. The van der Waals surface area contributed by atoms with Gasteiger partial charge in [0.2, 0.25) is 0 Å². The van der Waals surface area contributed by atoms with Crippen LogP contribution in [-0.4, -0.2) is 16.4 Å². The Hall–Kier alpha value is -2.00. The van der Waals surface area contributed by atoms with E-state index in [4.69, 9.17) is 11.6 Å². The summed E-state index contributed by atoms with van der Waals surface area (Å²) in [6, 6.07) is 11.9. The lowest BCUT2D eigenvalue weighted by Crippen LogP contribution is -1.90. The lowest BCUT2D eigenvalue weighted by atomic mass is 10.1. The molecule has 0 saturated carbocycles. The minimum absolute atomic E-state index is 0.698. The SMILES string of the molecule is CNc1cccc(-c2cnc3cc(Cl)ccn23)c1. The van der Waals surface area contributed by atoms with Gasteiger partial charge in [0, 0.05) is 35.6 Å². The molecule has 90 valence electrons. The Balaban J connectivity index is 2.19. The minimum atomic E-state index is 0.698. The maximum atomic E-state index is 5.96. The highest BCUT2D eigenvalue weighted by Crippen LogP contribution is 2.24. The van der Waals surface area contributed by atoms with E-state index in [0.717, 1.165) is 22.6 Å². The number of rotatable bonds is 2. The largest absolute Gasteiger partial charge is 0.388 e. The average molecular weight is 258 g/mol. The summed E-state index contributed by atoms with van der Waals surface area (Å²) in [4.78, 5) is 4.37. The summed E-state index contributed by atoms with van der Waals surface area (Å²) in [7, 11) is 1.91. The zero-order valence-corrected chi connectivity index (χ0v) is 10.6. The van der Waals surface area contributed by atoms with Gasteiger partial charge in [0.1, 0.15) is 5.65 Å². The normalized spacial score (nSPS) is 10.8. The first-order chi connectivity index (χ1) is 8.78. The second-order valence-electron chi connectivity index (χ2n) is 4.05. The third kappa shape index (κ3) is 1.83. The van der Waals surface area contributed by atoms with Crippen LogP contribution in [0.25, 0.3) is 16.9 Å². The van der Waals surface area contributed by atoms with E-state index in [0.29, 0.717) is 5.02 Å². The van der Waals surface area contributed by atoms with Gasteiger partial charge in [-0.15, -0.1) is 0 Å². The number of hydrogen-bond donors (Lipinski definition) is 1. The molecule has 1 aromatic carbocycles. The Morgan fingerprint density at radius 1 is 1.22 bits per heavy atom. The van der Waals surface area contributed by atoms with Crippen molar-refractivity contribution in [1.82, 2.24) is 9.38 Å². The van der Waals surface area contributed by atoms with Gasteiger partial charge in [-0.3, -0.25) is 4.40 Å². The van der Waals surface area contributed by atoms with Gasteiger partial charge < -0.3 is 5.32 Å². The van der Waals surface area contributed by atoms with E-state index < -0.39 is 0 Å². The van der Waals surface area contributed by atoms with Crippen LogP contribution in [0.1, 0.15) is 0 Å². The van der Waals surface area contributed by atoms with Gasteiger partial charge in [0.25, 0.3) is 0 Å². The van der Waals surface area contributed by atoms with Gasteiger partial charge in [-0.05, 0) is 18.2 Å². The first-order valence-electron chi connectivity index (χ1n) is 5.69. The Morgan fingerprint density at radius 3 is 2.94 bits per heavy atom. The number of halogens is 1. The first-order valence-corrected chi connectivity index (χ1v) is 6.06. The van der Waals surface area contributed by atoms with E-state index in [-0.39, 0.29) is 0 Å². The third-order valence-corrected chi connectivity index (χ3v) is 3.16. The van der Waals surface area contributed by atoms with Crippen molar-refractivity contribution in [2.45, 2.75) is 0 Å². The smallest absolute Gasteiger partial charge is 0.138 e. The van der Waals surface area contributed by atoms with Gasteiger partial charge in [-0.2, -0.15) is 0 Å². The molecule has 0 unspecified atom stereocenters. The Kier molecular flexibility index (Phi) is 2.68. The first kappa shape index (κ1) is 11.1. The van der Waals surface area contributed by atoms with E-state index in [2.05, 4.69) is 22.4 Å². The fraction of sp³-hybridized carbons (Fsp3) is 0.0714. The molecule has 1 N–H and O–H groups in total. The predicted octanol–water partition coefficient (Wildman–Crippen LogP) is 3.70. The summed E-state index contributed by atoms with van der Waals surface area (Å²) in [6.45, 7) is 0. The molecule has 0 radical (unpaired) electrons. The lowest BCUT2D eigenvalue weighted by Gasteiger charge is -2.05. The molecular formula is C14H12ClN3. The molecule has 2 aromatic heterocycles. The number of imidazole rings is 1. The molecule has 0 aliphatic rings. The zero-order chi connectivity index (χ0) is 12.5. The summed E-state index contributed by atoms with van der Waals surface area (Å²) in [6.07, 6.45) is 3.80. The summed E-state index contributed by atoms with van der Waals surface area (Å²) >= 11 is 5.96. The molecule has 0 spiro atoms. The van der Waals surface area contributed by atoms with Crippen LogP contribution in [0.5, 0.6) is 0 Å². The van der Waals surface area contributed by atoms with Crippen LogP contribution < -0.4 is 5.32 Å². The van der Waals surface area contributed by atoms with Crippen LogP contribution in [0.2, 0.25) is 5.02 Å². The van der Waals surface area contributed by atoms with Gasteiger partial charge in [0.15, 0.2) is 0 Å². The van der Waals surface area contributed by atoms with Crippen molar-refractivity contribution in [1.29, 1.82) is 0 Å². The standard InChI is InChI=1S/C14H12ClN3/c1-16-12-4-2-3-10(7-12)13-9-17-14-8-11(15)5-6-18(13)14/h2-9,16H,1H3. The highest BCUT2D eigenvalue weighted by molar-refractivity contribution is 6.30. The molecule has 2 heterocycles. The van der Waals surface area contributed by atoms with Crippen LogP contribution in [0, 0.1) is 0 Å². The van der Waals surface area contributed by atoms with Crippen molar-refractivity contribution < 1.29 is 0 Å². The highest BCUT2D eigenvalue weighted by atomic mass is 35.5. The topological polar surface area (TPSA) is 29.3 Å². The molecule has 3 nitrogen and oxygen atoms in total. The van der Waals surface area contributed by atoms with E-state index in [1.54, 1.807) is 0 Å². The summed E-state index contributed by atoms with van der Waals surface area (Å²) in [5, 5.41) is 3.83. The summed E-state index contributed by atoms with van der Waals surface area (Å²) in [5.74, 6) is 0. The Labute approximate surface area is 110 Å². The van der Waals surface area contributed by atoms with Crippen LogP contribution >= 0.6 is 11.6 Å². The monoisotopic (exact) mass is 257 g/mol. The third-order valence-electron chi connectivity index (χ3n) is 2.92. The molecular weight excluding hydrogens is 246 g/mol. The fourth-order valence-electron chi connectivity index (χ4n) is 2.00. The van der Waals surface area contributed by atoms with E-state index in [1.807, 2.05) is 48.1 Å². The van der Waals surface area contributed by atoms with Crippen molar-refractivity contribution in [2.75, 3.05) is 12.4 Å². The molecule has 18 heavy (non-hydrogen) atoms. The van der Waals surface area contributed by atoms with Gasteiger partial charge >= 0.3 is 0 Å². The van der Waals surface area contributed by atoms with Gasteiger partial charge in [-0.25, -0.2) is 4.98 Å². The molecule has 0 aliphatic carbocycles. The molecule has 0 amide bonds. The highest BCUT2D eigenvalue weighted by Gasteiger charge is 2.06. The molecule has 0 atom stereocenters. The molecule has 3 rings (SSSR count). The van der Waals surface area contributed by atoms with Crippen molar-refractivity contribution in [3.8, 4) is 11.3 Å². The van der Waals surface area contributed by atoms with E-state index in [9.17, 15) is 0 Å². The van der Waals surface area contributed by atoms with Crippen molar-refractivity contribution in [3.05, 3.63) is 53.8 Å². The fourth-order valence-corrected chi connectivity index (χ4v) is 2.16. The lowest BCUT2D eigenvalue weighted by molar-refractivity contribution is 1.19. The van der Waals surface area contributed by atoms with Crippen molar-refractivity contribution in [2.24, 2.45) is 0 Å². The molecule has 3 aromatic rings. The quantitative estimate of drug-likeness (QED) is 0.759. The average Bonchev–Trinajstić information content (AvgIpc) is 2.81. The van der Waals surface area contributed by atoms with Gasteiger partial charge in [-0.1, -0.05) is 23.7 Å². The predicted molar refractivity (Wildman–Crippen MR) is 75.2 cm³/mol. The maximum Gasteiger partial charge on any atom is 0.138 e. The number of pyridine rings is 1. The van der Waals surface area contributed by atoms with E-state index >= 15 is 0 Å². The number of benzene rings is 1. The number of anilines is 1. The molecule has 0 saturated heterocycles. The van der Waals surface area contributed by atoms with Crippen LogP contribution in [-0.2, 0) is 0 Å². The Bertz CT molecular complexity index is 703. The van der Waals surface area contributed by atoms with Crippen LogP contribution in [0.3, 0.4) is 0 Å². The summed E-state index contributed by atoms with van der Waals surface area (Å²) in [5.41, 5.74) is 4.11. The van der Waals surface area contributed by atoms with Crippen LogP contribution in [0.15, 0.2) is 48.8 Å². The van der Waals surface area contributed by atoms with Crippen molar-refractivity contribution >= 4 is 22.9 Å².